The SMILES string of the molecule is CCOc1ncc(OC)c2nc(S(=O)(=O)Cl)nn12. The maximum atomic E-state index is 11.2. The van der Waals surface area contributed by atoms with E-state index in [4.69, 9.17) is 20.2 Å². The first kappa shape index (κ1) is 12.8. The van der Waals surface area contributed by atoms with Crippen molar-refractivity contribution < 1.29 is 17.9 Å². The van der Waals surface area contributed by atoms with E-state index in [0.717, 1.165) is 4.52 Å². The quantitative estimate of drug-likeness (QED) is 0.755. The summed E-state index contributed by atoms with van der Waals surface area (Å²) < 4.78 is 33.7. The van der Waals surface area contributed by atoms with E-state index < -0.39 is 14.2 Å². The fourth-order valence-corrected chi connectivity index (χ4v) is 1.86. The van der Waals surface area contributed by atoms with Crippen molar-refractivity contribution in [1.82, 2.24) is 19.6 Å². The third-order valence-corrected chi connectivity index (χ3v) is 3.02. The largest absolute Gasteiger partial charge is 0.491 e. The van der Waals surface area contributed by atoms with Gasteiger partial charge in [-0.25, -0.2) is 8.42 Å². The van der Waals surface area contributed by atoms with Crippen LogP contribution in [-0.4, -0.2) is 41.7 Å². The zero-order chi connectivity index (χ0) is 13.3. The normalized spacial score (nSPS) is 11.7. The van der Waals surface area contributed by atoms with Gasteiger partial charge in [0.25, 0.3) is 14.2 Å². The first-order valence-corrected chi connectivity index (χ1v) is 7.15. The van der Waals surface area contributed by atoms with Crippen LogP contribution in [0.5, 0.6) is 11.8 Å². The van der Waals surface area contributed by atoms with Crippen LogP contribution in [0.3, 0.4) is 0 Å². The molecule has 0 N–H and O–H groups in total. The van der Waals surface area contributed by atoms with Crippen LogP contribution in [0.25, 0.3) is 5.65 Å². The van der Waals surface area contributed by atoms with Gasteiger partial charge in [0, 0.05) is 10.7 Å². The highest BCUT2D eigenvalue weighted by Crippen LogP contribution is 2.23. The number of hydrogen-bond donors (Lipinski definition) is 0. The first-order chi connectivity index (χ1) is 8.47. The van der Waals surface area contributed by atoms with Gasteiger partial charge < -0.3 is 9.47 Å². The molecule has 0 aromatic carbocycles. The summed E-state index contributed by atoms with van der Waals surface area (Å²) in [6.45, 7) is 2.10. The van der Waals surface area contributed by atoms with Gasteiger partial charge in [0.1, 0.15) is 0 Å². The van der Waals surface area contributed by atoms with E-state index in [1.165, 1.54) is 13.3 Å². The minimum absolute atomic E-state index is 0.104. The molecule has 18 heavy (non-hydrogen) atoms. The van der Waals surface area contributed by atoms with Crippen LogP contribution in [0.15, 0.2) is 11.4 Å². The molecule has 2 heterocycles. The molecule has 0 aliphatic carbocycles. The Hall–Kier alpha value is -1.61. The van der Waals surface area contributed by atoms with E-state index in [9.17, 15) is 8.42 Å². The van der Waals surface area contributed by atoms with E-state index in [2.05, 4.69) is 15.1 Å². The Balaban J connectivity index is 2.74. The highest BCUT2D eigenvalue weighted by Gasteiger charge is 2.21. The molecular weight excluding hydrogens is 284 g/mol. The van der Waals surface area contributed by atoms with Gasteiger partial charge in [-0.15, -0.1) is 5.10 Å². The molecule has 0 saturated carbocycles. The number of rotatable bonds is 4. The summed E-state index contributed by atoms with van der Waals surface area (Å²) in [6, 6.07) is 0.104. The van der Waals surface area contributed by atoms with Crippen LogP contribution in [-0.2, 0) is 9.05 Å². The molecular formula is C8H9ClN4O4S. The van der Waals surface area contributed by atoms with Crippen molar-refractivity contribution in [2.24, 2.45) is 0 Å². The lowest BCUT2D eigenvalue weighted by atomic mass is 10.5. The first-order valence-electron chi connectivity index (χ1n) is 4.84. The Bertz CT molecular complexity index is 684. The zero-order valence-corrected chi connectivity index (χ0v) is 11.1. The van der Waals surface area contributed by atoms with Crippen LogP contribution < -0.4 is 9.47 Å². The molecule has 0 aliphatic rings. The Kier molecular flexibility index (Phi) is 3.26. The standard InChI is InChI=1S/C8H9ClN4O4S/c1-3-17-8-10-4-5(16-2)6-11-7(12-13(6)8)18(9,14)15/h4H,3H2,1-2H3. The molecule has 0 saturated heterocycles. The second kappa shape index (κ2) is 4.58. The van der Waals surface area contributed by atoms with Gasteiger partial charge in [0.15, 0.2) is 5.75 Å². The summed E-state index contributed by atoms with van der Waals surface area (Å²) in [4.78, 5) is 7.72. The van der Waals surface area contributed by atoms with E-state index in [1.807, 2.05) is 0 Å². The molecule has 2 aromatic rings. The highest BCUT2D eigenvalue weighted by atomic mass is 35.7. The second-order valence-corrected chi connectivity index (χ2v) is 5.57. The fraction of sp³-hybridized carbons (Fsp3) is 0.375. The molecule has 2 rings (SSSR count). The van der Waals surface area contributed by atoms with Gasteiger partial charge in [-0.05, 0) is 6.92 Å². The Morgan fingerprint density at radius 1 is 1.50 bits per heavy atom. The molecule has 98 valence electrons. The lowest BCUT2D eigenvalue weighted by Crippen LogP contribution is -2.04. The van der Waals surface area contributed by atoms with Crippen molar-refractivity contribution in [2.45, 2.75) is 12.1 Å². The van der Waals surface area contributed by atoms with Crippen molar-refractivity contribution in [2.75, 3.05) is 13.7 Å². The number of aromatic nitrogens is 4. The van der Waals surface area contributed by atoms with Gasteiger partial charge >= 0.3 is 6.01 Å². The smallest absolute Gasteiger partial charge is 0.319 e. The predicted octanol–water partition coefficient (Wildman–Crippen LogP) is 0.459. The fourth-order valence-electron chi connectivity index (χ4n) is 1.29. The number of hydrogen-bond acceptors (Lipinski definition) is 7. The predicted molar refractivity (Wildman–Crippen MR) is 61.5 cm³/mol. The van der Waals surface area contributed by atoms with E-state index in [1.54, 1.807) is 6.92 Å². The number of fused-ring (bicyclic) bond motifs is 1. The van der Waals surface area contributed by atoms with E-state index in [0.29, 0.717) is 6.61 Å². The minimum Gasteiger partial charge on any atom is -0.491 e. The Morgan fingerprint density at radius 3 is 2.78 bits per heavy atom. The Morgan fingerprint density at radius 2 is 2.22 bits per heavy atom. The molecule has 10 heteroatoms. The van der Waals surface area contributed by atoms with Gasteiger partial charge in [0.05, 0.1) is 19.9 Å². The number of methoxy groups -OCH3 is 1. The van der Waals surface area contributed by atoms with Crippen LogP contribution in [0.1, 0.15) is 6.92 Å². The van der Waals surface area contributed by atoms with Crippen LogP contribution in [0, 0.1) is 0 Å². The molecule has 0 atom stereocenters. The van der Waals surface area contributed by atoms with Crippen LogP contribution in [0.4, 0.5) is 0 Å². The molecule has 0 fully saturated rings. The highest BCUT2D eigenvalue weighted by molar-refractivity contribution is 8.13. The lowest BCUT2D eigenvalue weighted by molar-refractivity contribution is 0.300. The number of halogens is 1. The van der Waals surface area contributed by atoms with Crippen molar-refractivity contribution in [1.29, 1.82) is 0 Å². The minimum atomic E-state index is -4.03. The van der Waals surface area contributed by atoms with Crippen molar-refractivity contribution in [3.8, 4) is 11.8 Å². The van der Waals surface area contributed by atoms with Gasteiger partial charge in [-0.3, -0.25) is 0 Å². The van der Waals surface area contributed by atoms with Gasteiger partial charge in [-0.1, -0.05) is 0 Å². The summed E-state index contributed by atoms with van der Waals surface area (Å²) in [6.07, 6.45) is 1.36. The molecule has 2 aromatic heterocycles. The maximum absolute atomic E-state index is 11.2. The monoisotopic (exact) mass is 292 g/mol. The van der Waals surface area contributed by atoms with Crippen LogP contribution in [0.2, 0.25) is 0 Å². The molecule has 0 unspecified atom stereocenters. The summed E-state index contributed by atoms with van der Waals surface area (Å²) in [5.74, 6) is 0.262. The van der Waals surface area contributed by atoms with E-state index in [-0.39, 0.29) is 17.4 Å². The zero-order valence-electron chi connectivity index (χ0n) is 9.49. The molecule has 0 aliphatic heterocycles. The summed E-state index contributed by atoms with van der Waals surface area (Å²) in [5.41, 5.74) is 0.162. The van der Waals surface area contributed by atoms with Crippen LogP contribution >= 0.6 is 10.7 Å². The molecule has 0 bridgehead atoms. The van der Waals surface area contributed by atoms with Crippen molar-refractivity contribution >= 4 is 25.4 Å². The molecule has 0 radical (unpaired) electrons. The second-order valence-electron chi connectivity index (χ2n) is 3.11. The molecule has 8 nitrogen and oxygen atoms in total. The third-order valence-electron chi connectivity index (χ3n) is 1.99. The van der Waals surface area contributed by atoms with Crippen molar-refractivity contribution in [3.63, 3.8) is 0 Å². The average Bonchev–Trinajstić information content (AvgIpc) is 2.74. The Labute approximate surface area is 107 Å². The number of ether oxygens (including phenoxy) is 2. The summed E-state index contributed by atoms with van der Waals surface area (Å²) >= 11 is 0. The van der Waals surface area contributed by atoms with Gasteiger partial charge in [-0.2, -0.15) is 14.5 Å². The summed E-state index contributed by atoms with van der Waals surface area (Å²) in [5, 5.41) is 3.20. The van der Waals surface area contributed by atoms with Crippen molar-refractivity contribution in [3.05, 3.63) is 6.20 Å². The third kappa shape index (κ3) is 2.18. The average molecular weight is 293 g/mol. The van der Waals surface area contributed by atoms with Gasteiger partial charge in [0.2, 0.25) is 5.65 Å². The summed E-state index contributed by atoms with van der Waals surface area (Å²) in [7, 11) is 2.56. The maximum Gasteiger partial charge on any atom is 0.319 e. The topological polar surface area (TPSA) is 95.7 Å². The number of nitrogens with zero attached hydrogens (tertiary/aromatic N) is 4. The molecule has 0 spiro atoms. The molecule has 0 amide bonds. The van der Waals surface area contributed by atoms with E-state index >= 15 is 0 Å². The lowest BCUT2D eigenvalue weighted by Gasteiger charge is -2.05.